The standard InChI is InChI=1S/C18H30N2OS/c1-19(11-6-16-7-12-21-13-8-16)14-17-4-5-18(22-17)15-20-9-2-3-10-20/h4-5,16H,2-3,6-15H2,1H3. The maximum atomic E-state index is 5.44. The van der Waals surface area contributed by atoms with Crippen molar-refractivity contribution in [2.45, 2.75) is 45.2 Å². The predicted octanol–water partition coefficient (Wildman–Crippen LogP) is 3.59. The Kier molecular flexibility index (Phi) is 6.30. The van der Waals surface area contributed by atoms with Crippen LogP contribution in [0.2, 0.25) is 0 Å². The molecule has 0 atom stereocenters. The quantitative estimate of drug-likeness (QED) is 0.763. The lowest BCUT2D eigenvalue weighted by Gasteiger charge is -2.24. The lowest BCUT2D eigenvalue weighted by atomic mass is 9.96. The number of ether oxygens (including phenoxy) is 1. The zero-order chi connectivity index (χ0) is 15.2. The molecule has 0 N–H and O–H groups in total. The van der Waals surface area contributed by atoms with Crippen LogP contribution in [-0.4, -0.2) is 49.7 Å². The molecule has 1 aromatic heterocycles. The van der Waals surface area contributed by atoms with E-state index in [1.54, 1.807) is 0 Å². The van der Waals surface area contributed by atoms with Gasteiger partial charge in [-0.05, 0) is 76.8 Å². The van der Waals surface area contributed by atoms with Gasteiger partial charge >= 0.3 is 0 Å². The van der Waals surface area contributed by atoms with E-state index in [1.807, 2.05) is 11.3 Å². The first kappa shape index (κ1) is 16.4. The van der Waals surface area contributed by atoms with Gasteiger partial charge in [0.1, 0.15) is 0 Å². The van der Waals surface area contributed by atoms with Crippen LogP contribution < -0.4 is 0 Å². The molecule has 4 heteroatoms. The van der Waals surface area contributed by atoms with Gasteiger partial charge in [0.25, 0.3) is 0 Å². The molecule has 0 spiro atoms. The molecule has 1 aromatic rings. The molecule has 2 aliphatic rings. The molecule has 2 saturated heterocycles. The molecular formula is C18H30N2OS. The summed E-state index contributed by atoms with van der Waals surface area (Å²) >= 11 is 2.01. The summed E-state index contributed by atoms with van der Waals surface area (Å²) in [6.45, 7) is 8.00. The molecular weight excluding hydrogens is 292 g/mol. The van der Waals surface area contributed by atoms with E-state index in [-0.39, 0.29) is 0 Å². The van der Waals surface area contributed by atoms with Gasteiger partial charge in [0.2, 0.25) is 0 Å². The second-order valence-corrected chi connectivity index (χ2v) is 8.19. The fraction of sp³-hybridized carbons (Fsp3) is 0.778. The van der Waals surface area contributed by atoms with Crippen LogP contribution in [0, 0.1) is 5.92 Å². The fourth-order valence-corrected chi connectivity index (χ4v) is 4.68. The summed E-state index contributed by atoms with van der Waals surface area (Å²) in [5.41, 5.74) is 0. The lowest BCUT2D eigenvalue weighted by Crippen LogP contribution is -2.23. The first-order valence-electron chi connectivity index (χ1n) is 8.86. The monoisotopic (exact) mass is 322 g/mol. The second-order valence-electron chi connectivity index (χ2n) is 6.93. The van der Waals surface area contributed by atoms with Crippen LogP contribution in [0.4, 0.5) is 0 Å². The van der Waals surface area contributed by atoms with Crippen LogP contribution >= 0.6 is 11.3 Å². The topological polar surface area (TPSA) is 15.7 Å². The predicted molar refractivity (Wildman–Crippen MR) is 93.3 cm³/mol. The van der Waals surface area contributed by atoms with Gasteiger partial charge in [-0.1, -0.05) is 0 Å². The van der Waals surface area contributed by atoms with Crippen LogP contribution in [0.15, 0.2) is 12.1 Å². The summed E-state index contributed by atoms with van der Waals surface area (Å²) in [6, 6.07) is 4.67. The lowest BCUT2D eigenvalue weighted by molar-refractivity contribution is 0.0608. The first-order chi connectivity index (χ1) is 10.8. The van der Waals surface area contributed by atoms with E-state index in [0.717, 1.165) is 32.2 Å². The van der Waals surface area contributed by atoms with Crippen LogP contribution in [0.3, 0.4) is 0 Å². The van der Waals surface area contributed by atoms with Gasteiger partial charge in [0.15, 0.2) is 0 Å². The molecule has 0 aliphatic carbocycles. The number of thiophene rings is 1. The van der Waals surface area contributed by atoms with E-state index in [4.69, 9.17) is 4.74 Å². The Morgan fingerprint density at radius 3 is 2.68 bits per heavy atom. The number of nitrogens with zero attached hydrogens (tertiary/aromatic N) is 2. The van der Waals surface area contributed by atoms with E-state index in [9.17, 15) is 0 Å². The third-order valence-corrected chi connectivity index (χ3v) is 6.04. The minimum Gasteiger partial charge on any atom is -0.381 e. The summed E-state index contributed by atoms with van der Waals surface area (Å²) in [5, 5.41) is 0. The van der Waals surface area contributed by atoms with Gasteiger partial charge in [-0.15, -0.1) is 11.3 Å². The minimum absolute atomic E-state index is 0.880. The largest absolute Gasteiger partial charge is 0.381 e. The van der Waals surface area contributed by atoms with Gasteiger partial charge in [-0.25, -0.2) is 0 Å². The maximum Gasteiger partial charge on any atom is 0.0468 e. The van der Waals surface area contributed by atoms with Gasteiger partial charge < -0.3 is 9.64 Å². The van der Waals surface area contributed by atoms with Gasteiger partial charge in [0, 0.05) is 36.1 Å². The molecule has 3 rings (SSSR count). The normalized spacial score (nSPS) is 21.0. The minimum atomic E-state index is 0.880. The molecule has 0 aromatic carbocycles. The first-order valence-corrected chi connectivity index (χ1v) is 9.67. The van der Waals surface area contributed by atoms with Crippen LogP contribution in [0.1, 0.15) is 41.9 Å². The van der Waals surface area contributed by atoms with E-state index in [0.29, 0.717) is 0 Å². The Hall–Kier alpha value is -0.420. The Morgan fingerprint density at radius 2 is 1.91 bits per heavy atom. The average molecular weight is 323 g/mol. The summed E-state index contributed by atoms with van der Waals surface area (Å²) in [4.78, 5) is 8.13. The highest BCUT2D eigenvalue weighted by Crippen LogP contribution is 2.23. The molecule has 0 saturated carbocycles. The van der Waals surface area contributed by atoms with E-state index in [1.165, 1.54) is 61.5 Å². The summed E-state index contributed by atoms with van der Waals surface area (Å²) < 4.78 is 5.44. The summed E-state index contributed by atoms with van der Waals surface area (Å²) in [5.74, 6) is 0.880. The van der Waals surface area contributed by atoms with Crippen molar-refractivity contribution in [1.29, 1.82) is 0 Å². The Labute approximate surface area is 139 Å². The van der Waals surface area contributed by atoms with Crippen molar-refractivity contribution in [2.24, 2.45) is 5.92 Å². The number of rotatable bonds is 7. The molecule has 0 unspecified atom stereocenters. The molecule has 0 radical (unpaired) electrons. The highest BCUT2D eigenvalue weighted by Gasteiger charge is 2.15. The summed E-state index contributed by atoms with van der Waals surface area (Å²) in [7, 11) is 2.26. The number of hydrogen-bond donors (Lipinski definition) is 0. The SMILES string of the molecule is CN(CCC1CCOCC1)Cc1ccc(CN2CCCC2)s1. The van der Waals surface area contributed by atoms with Crippen molar-refractivity contribution in [2.75, 3.05) is 39.9 Å². The highest BCUT2D eigenvalue weighted by molar-refractivity contribution is 7.11. The molecule has 2 fully saturated rings. The van der Waals surface area contributed by atoms with Crippen molar-refractivity contribution < 1.29 is 4.74 Å². The molecule has 0 bridgehead atoms. The van der Waals surface area contributed by atoms with Gasteiger partial charge in [-0.3, -0.25) is 4.90 Å². The number of hydrogen-bond acceptors (Lipinski definition) is 4. The maximum absolute atomic E-state index is 5.44. The van der Waals surface area contributed by atoms with Crippen molar-refractivity contribution >= 4 is 11.3 Å². The zero-order valence-electron chi connectivity index (χ0n) is 13.9. The highest BCUT2D eigenvalue weighted by atomic mass is 32.1. The van der Waals surface area contributed by atoms with E-state index >= 15 is 0 Å². The van der Waals surface area contributed by atoms with Crippen LogP contribution in [0.5, 0.6) is 0 Å². The Balaban J connectivity index is 1.39. The molecule has 3 nitrogen and oxygen atoms in total. The molecule has 124 valence electrons. The van der Waals surface area contributed by atoms with E-state index < -0.39 is 0 Å². The smallest absolute Gasteiger partial charge is 0.0468 e. The third-order valence-electron chi connectivity index (χ3n) is 4.98. The van der Waals surface area contributed by atoms with Crippen LogP contribution in [0.25, 0.3) is 0 Å². The van der Waals surface area contributed by atoms with Crippen molar-refractivity contribution in [3.8, 4) is 0 Å². The molecule has 0 amide bonds. The van der Waals surface area contributed by atoms with E-state index in [2.05, 4.69) is 29.0 Å². The summed E-state index contributed by atoms with van der Waals surface area (Å²) in [6.07, 6.45) is 6.60. The Bertz CT molecular complexity index is 436. The van der Waals surface area contributed by atoms with Crippen LogP contribution in [-0.2, 0) is 17.8 Å². The third kappa shape index (κ3) is 5.05. The van der Waals surface area contributed by atoms with Crippen molar-refractivity contribution in [3.05, 3.63) is 21.9 Å². The fourth-order valence-electron chi connectivity index (χ4n) is 3.54. The van der Waals surface area contributed by atoms with Crippen molar-refractivity contribution in [1.82, 2.24) is 9.80 Å². The molecule has 2 aliphatic heterocycles. The molecule has 3 heterocycles. The zero-order valence-corrected chi connectivity index (χ0v) is 14.7. The second kappa shape index (κ2) is 8.44. The number of likely N-dealkylation sites (tertiary alicyclic amines) is 1. The Morgan fingerprint density at radius 1 is 1.18 bits per heavy atom. The van der Waals surface area contributed by atoms with Gasteiger partial charge in [-0.2, -0.15) is 0 Å². The molecule has 22 heavy (non-hydrogen) atoms. The average Bonchev–Trinajstić information content (AvgIpc) is 3.19. The van der Waals surface area contributed by atoms with Gasteiger partial charge in [0.05, 0.1) is 0 Å². The van der Waals surface area contributed by atoms with Crippen molar-refractivity contribution in [3.63, 3.8) is 0 Å².